The molecular weight excluding hydrogens is 408 g/mol. The highest BCUT2D eigenvalue weighted by molar-refractivity contribution is 8.00. The van der Waals surface area contributed by atoms with Crippen LogP contribution in [0.2, 0.25) is 0 Å². The van der Waals surface area contributed by atoms with Gasteiger partial charge >= 0.3 is 0 Å². The van der Waals surface area contributed by atoms with Gasteiger partial charge in [-0.1, -0.05) is 23.9 Å². The summed E-state index contributed by atoms with van der Waals surface area (Å²) in [4.78, 5) is 19.4. The molecule has 1 fully saturated rings. The summed E-state index contributed by atoms with van der Waals surface area (Å²) in [6.45, 7) is 7.30. The van der Waals surface area contributed by atoms with Gasteiger partial charge in [0.05, 0.1) is 30.0 Å². The lowest BCUT2D eigenvalue weighted by molar-refractivity contribution is -0.113. The highest BCUT2D eigenvalue weighted by Gasteiger charge is 2.13. The maximum absolute atomic E-state index is 12.5. The maximum atomic E-state index is 12.5. The number of aryl methyl sites for hydroxylation is 2. The zero-order chi connectivity index (χ0) is 21.8. The number of nitrogens with one attached hydrogen (secondary N) is 1. The maximum Gasteiger partial charge on any atom is 0.234 e. The summed E-state index contributed by atoms with van der Waals surface area (Å²) in [5.41, 5.74) is 5.48. The van der Waals surface area contributed by atoms with Crippen molar-refractivity contribution in [3.8, 4) is 6.07 Å². The van der Waals surface area contributed by atoms with Gasteiger partial charge in [-0.2, -0.15) is 5.26 Å². The van der Waals surface area contributed by atoms with Crippen molar-refractivity contribution in [2.24, 2.45) is 0 Å². The fourth-order valence-corrected chi connectivity index (χ4v) is 4.32. The Morgan fingerprint density at radius 3 is 2.65 bits per heavy atom. The van der Waals surface area contributed by atoms with E-state index in [-0.39, 0.29) is 11.7 Å². The average Bonchev–Trinajstić information content (AvgIpc) is 2.81. The molecule has 0 radical (unpaired) electrons. The van der Waals surface area contributed by atoms with Crippen molar-refractivity contribution in [2.45, 2.75) is 18.9 Å². The first-order valence-corrected chi connectivity index (χ1v) is 11.2. The van der Waals surface area contributed by atoms with Crippen LogP contribution in [0.3, 0.4) is 0 Å². The second-order valence-corrected chi connectivity index (χ2v) is 8.48. The monoisotopic (exact) mass is 432 g/mol. The van der Waals surface area contributed by atoms with E-state index in [2.05, 4.69) is 16.3 Å². The average molecular weight is 433 g/mol. The number of carbonyl (C=O) groups excluding carboxylic acids is 1. The minimum absolute atomic E-state index is 0.129. The molecule has 2 aromatic carbocycles. The largest absolute Gasteiger partial charge is 0.378 e. The van der Waals surface area contributed by atoms with E-state index in [9.17, 15) is 10.1 Å². The van der Waals surface area contributed by atoms with Crippen LogP contribution in [-0.2, 0) is 9.53 Å². The minimum atomic E-state index is -0.129. The molecule has 6 nitrogen and oxygen atoms in total. The van der Waals surface area contributed by atoms with Crippen LogP contribution in [-0.4, -0.2) is 42.9 Å². The zero-order valence-electron chi connectivity index (χ0n) is 17.6. The highest BCUT2D eigenvalue weighted by atomic mass is 32.2. The Bertz CT molecular complexity index is 1150. The van der Waals surface area contributed by atoms with Crippen LogP contribution < -0.4 is 10.2 Å². The Hall–Kier alpha value is -3.08. The second-order valence-electron chi connectivity index (χ2n) is 7.52. The first kappa shape index (κ1) is 21.2. The number of carbonyl (C=O) groups is 1. The smallest absolute Gasteiger partial charge is 0.234 e. The van der Waals surface area contributed by atoms with E-state index in [1.165, 1.54) is 11.8 Å². The van der Waals surface area contributed by atoms with Gasteiger partial charge in [-0.05, 0) is 55.3 Å². The molecule has 1 aliphatic heterocycles. The summed E-state index contributed by atoms with van der Waals surface area (Å²) >= 11 is 1.29. The molecule has 7 heteroatoms. The number of benzene rings is 2. The first-order chi connectivity index (χ1) is 15.0. The van der Waals surface area contributed by atoms with Gasteiger partial charge in [-0.25, -0.2) is 4.98 Å². The molecule has 3 aromatic rings. The van der Waals surface area contributed by atoms with Crippen LogP contribution in [0, 0.1) is 25.2 Å². The SMILES string of the molecule is Cc1ccc2cc(C#N)c(SCC(=O)Nc3ccc(N4CCOCC4)cc3)nc2c1C. The van der Waals surface area contributed by atoms with Gasteiger partial charge in [-0.15, -0.1) is 0 Å². The number of morpholine rings is 1. The molecular formula is C24H24N4O2S. The van der Waals surface area contributed by atoms with E-state index in [0.717, 1.165) is 59.7 Å². The molecule has 0 spiro atoms. The lowest BCUT2D eigenvalue weighted by Crippen LogP contribution is -2.36. The number of rotatable bonds is 5. The van der Waals surface area contributed by atoms with Crippen LogP contribution in [0.25, 0.3) is 10.9 Å². The third-order valence-electron chi connectivity index (χ3n) is 5.46. The molecule has 0 aliphatic carbocycles. The molecule has 0 unspecified atom stereocenters. The quantitative estimate of drug-likeness (QED) is 0.606. The zero-order valence-corrected chi connectivity index (χ0v) is 18.5. The second kappa shape index (κ2) is 9.38. The van der Waals surface area contributed by atoms with E-state index in [1.54, 1.807) is 0 Å². The van der Waals surface area contributed by atoms with Gasteiger partial charge in [0, 0.05) is 29.9 Å². The van der Waals surface area contributed by atoms with E-state index >= 15 is 0 Å². The topological polar surface area (TPSA) is 78.2 Å². The molecule has 0 atom stereocenters. The predicted molar refractivity (Wildman–Crippen MR) is 125 cm³/mol. The van der Waals surface area contributed by atoms with Gasteiger partial charge in [0.25, 0.3) is 0 Å². The number of aromatic nitrogens is 1. The number of ether oxygens (including phenoxy) is 1. The third kappa shape index (κ3) is 4.82. The van der Waals surface area contributed by atoms with Gasteiger partial charge in [-0.3, -0.25) is 4.79 Å². The van der Waals surface area contributed by atoms with Crippen LogP contribution in [0.4, 0.5) is 11.4 Å². The minimum Gasteiger partial charge on any atom is -0.378 e. The molecule has 2 heterocycles. The van der Waals surface area contributed by atoms with Gasteiger partial charge in [0.15, 0.2) is 0 Å². The van der Waals surface area contributed by atoms with Crippen molar-refractivity contribution >= 4 is 39.9 Å². The summed E-state index contributed by atoms with van der Waals surface area (Å²) in [5.74, 6) is 0.0550. The highest BCUT2D eigenvalue weighted by Crippen LogP contribution is 2.28. The third-order valence-corrected chi connectivity index (χ3v) is 6.46. The molecule has 1 N–H and O–H groups in total. The lowest BCUT2D eigenvalue weighted by atomic mass is 10.0. The number of amides is 1. The Balaban J connectivity index is 1.42. The number of nitrogens with zero attached hydrogens (tertiary/aromatic N) is 3. The van der Waals surface area contributed by atoms with Gasteiger partial charge in [0.2, 0.25) is 5.91 Å². The molecule has 0 saturated carbocycles. The molecule has 1 aromatic heterocycles. The Morgan fingerprint density at radius 2 is 1.94 bits per heavy atom. The molecule has 4 rings (SSSR count). The predicted octanol–water partition coefficient (Wildman–Crippen LogP) is 4.29. The fraction of sp³-hybridized carbons (Fsp3) is 0.292. The van der Waals surface area contributed by atoms with Crippen molar-refractivity contribution in [2.75, 3.05) is 42.3 Å². The van der Waals surface area contributed by atoms with Crippen molar-refractivity contribution in [3.05, 3.63) is 59.2 Å². The molecule has 31 heavy (non-hydrogen) atoms. The Labute approximate surface area is 186 Å². The normalized spacial score (nSPS) is 13.8. The fourth-order valence-electron chi connectivity index (χ4n) is 3.56. The first-order valence-electron chi connectivity index (χ1n) is 10.2. The van der Waals surface area contributed by atoms with Gasteiger partial charge < -0.3 is 15.0 Å². The summed E-state index contributed by atoms with van der Waals surface area (Å²) in [6.07, 6.45) is 0. The number of anilines is 2. The van der Waals surface area contributed by atoms with E-state index in [4.69, 9.17) is 9.72 Å². The van der Waals surface area contributed by atoms with E-state index in [0.29, 0.717) is 10.6 Å². The number of fused-ring (bicyclic) bond motifs is 1. The molecule has 158 valence electrons. The Kier molecular flexibility index (Phi) is 6.40. The summed E-state index contributed by atoms with van der Waals surface area (Å²) in [5, 5.41) is 14.0. The van der Waals surface area contributed by atoms with Crippen molar-refractivity contribution in [1.82, 2.24) is 4.98 Å². The summed E-state index contributed by atoms with van der Waals surface area (Å²) in [6, 6.07) is 15.9. The van der Waals surface area contributed by atoms with Gasteiger partial charge in [0.1, 0.15) is 11.1 Å². The molecule has 1 amide bonds. The number of pyridine rings is 1. The van der Waals surface area contributed by atoms with E-state index in [1.807, 2.05) is 56.3 Å². The molecule has 1 aliphatic rings. The number of hydrogen-bond acceptors (Lipinski definition) is 6. The van der Waals surface area contributed by atoms with Crippen LogP contribution in [0.5, 0.6) is 0 Å². The Morgan fingerprint density at radius 1 is 1.19 bits per heavy atom. The number of hydrogen-bond donors (Lipinski definition) is 1. The van der Waals surface area contributed by atoms with Crippen molar-refractivity contribution in [3.63, 3.8) is 0 Å². The number of nitriles is 1. The van der Waals surface area contributed by atoms with E-state index < -0.39 is 0 Å². The van der Waals surface area contributed by atoms with Crippen molar-refractivity contribution < 1.29 is 9.53 Å². The van der Waals surface area contributed by atoms with Crippen LogP contribution in [0.15, 0.2) is 47.5 Å². The standard InChI is InChI=1S/C24H24N4O2S/c1-16-3-4-18-13-19(14-25)24(27-23(18)17(16)2)31-15-22(29)26-20-5-7-21(8-6-20)28-9-11-30-12-10-28/h3-8,13H,9-12,15H2,1-2H3,(H,26,29). The lowest BCUT2D eigenvalue weighted by Gasteiger charge is -2.28. The summed E-state index contributed by atoms with van der Waals surface area (Å²) < 4.78 is 5.39. The molecule has 1 saturated heterocycles. The summed E-state index contributed by atoms with van der Waals surface area (Å²) in [7, 11) is 0. The molecule has 0 bridgehead atoms. The van der Waals surface area contributed by atoms with Crippen LogP contribution >= 0.6 is 11.8 Å². The number of thioether (sulfide) groups is 1. The van der Waals surface area contributed by atoms with Crippen LogP contribution in [0.1, 0.15) is 16.7 Å². The van der Waals surface area contributed by atoms with Crippen molar-refractivity contribution in [1.29, 1.82) is 5.26 Å².